The average Bonchev–Trinajstić information content (AvgIpc) is 2.03. The molecular weight excluding hydrogens is 138 g/mol. The number of amides is 1. The minimum Gasteiger partial charge on any atom is -0.335 e. The summed E-state index contributed by atoms with van der Waals surface area (Å²) in [7, 11) is 1.70. The Morgan fingerprint density at radius 1 is 1.82 bits per heavy atom. The van der Waals surface area contributed by atoms with E-state index in [0.29, 0.717) is 6.54 Å². The number of allylic oxidation sites excluding steroid dienone is 1. The zero-order chi connectivity index (χ0) is 8.69. The first-order chi connectivity index (χ1) is 5.22. The third kappa shape index (κ3) is 4.21. The Labute approximate surface area is 67.9 Å². The highest BCUT2D eigenvalue weighted by Gasteiger charge is 2.01. The second-order valence-corrected chi connectivity index (χ2v) is 2.30. The molecule has 11 heavy (non-hydrogen) atoms. The lowest BCUT2D eigenvalue weighted by molar-refractivity contribution is -0.123. The molecular formula is C9H13NO. The van der Waals surface area contributed by atoms with Crippen LogP contribution in [0.3, 0.4) is 0 Å². The number of nitrogens with zero attached hydrogens (tertiary/aromatic N) is 1. The van der Waals surface area contributed by atoms with Gasteiger partial charge in [-0.3, -0.25) is 4.79 Å². The highest BCUT2D eigenvalue weighted by Crippen LogP contribution is 1.92. The van der Waals surface area contributed by atoms with Crippen molar-refractivity contribution in [3.63, 3.8) is 0 Å². The Balaban J connectivity index is 3.53. The zero-order valence-electron chi connectivity index (χ0n) is 6.84. The quantitative estimate of drug-likeness (QED) is 0.334. The van der Waals surface area contributed by atoms with Crippen LogP contribution >= 0.6 is 0 Å². The van der Waals surface area contributed by atoms with Crippen LogP contribution in [0, 0.1) is 12.3 Å². The van der Waals surface area contributed by atoms with Crippen LogP contribution in [0.1, 0.15) is 12.8 Å². The summed E-state index contributed by atoms with van der Waals surface area (Å²) in [6.07, 6.45) is 8.59. The third-order valence-electron chi connectivity index (χ3n) is 1.37. The highest BCUT2D eigenvalue weighted by atomic mass is 16.2. The van der Waals surface area contributed by atoms with E-state index in [4.69, 9.17) is 6.42 Å². The van der Waals surface area contributed by atoms with E-state index in [0.717, 1.165) is 12.8 Å². The average molecular weight is 151 g/mol. The maximum Gasteiger partial charge on any atom is 0.297 e. The molecule has 0 saturated heterocycles. The number of unbranched alkanes of at least 4 members (excludes halogenated alkanes) is 1. The molecule has 0 unspecified atom stereocenters. The molecule has 0 atom stereocenters. The van der Waals surface area contributed by atoms with Gasteiger partial charge in [0.2, 0.25) is 0 Å². The number of carbonyl (C=O) groups is 1. The second-order valence-electron chi connectivity index (χ2n) is 2.30. The predicted molar refractivity (Wildman–Crippen MR) is 45.9 cm³/mol. The lowest BCUT2D eigenvalue weighted by Gasteiger charge is -2.11. The van der Waals surface area contributed by atoms with Crippen LogP contribution in [0.5, 0.6) is 0 Å². The molecule has 0 N–H and O–H groups in total. The molecule has 0 radical (unpaired) electrons. The summed E-state index contributed by atoms with van der Waals surface area (Å²) < 4.78 is 0. The van der Waals surface area contributed by atoms with E-state index >= 15 is 0 Å². The molecule has 1 amide bonds. The van der Waals surface area contributed by atoms with E-state index in [9.17, 15) is 4.79 Å². The molecule has 0 fully saturated rings. The van der Waals surface area contributed by atoms with Gasteiger partial charge in [0, 0.05) is 13.6 Å². The fourth-order valence-electron chi connectivity index (χ4n) is 0.685. The molecule has 2 nitrogen and oxygen atoms in total. The molecule has 0 aromatic rings. The van der Waals surface area contributed by atoms with Crippen LogP contribution in [-0.4, -0.2) is 24.4 Å². The van der Waals surface area contributed by atoms with Crippen molar-refractivity contribution in [2.75, 3.05) is 13.6 Å². The summed E-state index contributed by atoms with van der Waals surface area (Å²) >= 11 is 0. The van der Waals surface area contributed by atoms with Crippen molar-refractivity contribution >= 4 is 5.91 Å². The fourth-order valence-corrected chi connectivity index (χ4v) is 0.685. The summed E-state index contributed by atoms with van der Waals surface area (Å²) in [6.45, 7) is 4.28. The van der Waals surface area contributed by atoms with E-state index in [1.807, 2.05) is 6.08 Å². The molecule has 0 spiro atoms. The number of terminal acetylenes is 1. The normalized spacial score (nSPS) is 8.36. The van der Waals surface area contributed by atoms with E-state index in [1.165, 1.54) is 4.90 Å². The molecule has 0 aliphatic carbocycles. The minimum absolute atomic E-state index is 0.255. The SMILES string of the molecule is C#CC(=O)N(C)CCCC=C. The van der Waals surface area contributed by atoms with Crippen molar-refractivity contribution in [2.45, 2.75) is 12.8 Å². The lowest BCUT2D eigenvalue weighted by Crippen LogP contribution is -2.25. The first kappa shape index (κ1) is 9.77. The monoisotopic (exact) mass is 151 g/mol. The predicted octanol–water partition coefficient (Wildman–Crippen LogP) is 1.04. The van der Waals surface area contributed by atoms with Crippen LogP contribution in [0.4, 0.5) is 0 Å². The second kappa shape index (κ2) is 5.55. The maximum absolute atomic E-state index is 10.8. The van der Waals surface area contributed by atoms with Gasteiger partial charge in [0.25, 0.3) is 5.91 Å². The van der Waals surface area contributed by atoms with E-state index in [-0.39, 0.29) is 5.91 Å². The summed E-state index contributed by atoms with van der Waals surface area (Å²) in [5.41, 5.74) is 0. The van der Waals surface area contributed by atoms with Gasteiger partial charge < -0.3 is 4.90 Å². The molecule has 0 bridgehead atoms. The smallest absolute Gasteiger partial charge is 0.297 e. The van der Waals surface area contributed by atoms with Crippen LogP contribution in [0.2, 0.25) is 0 Å². The van der Waals surface area contributed by atoms with Crippen LogP contribution in [-0.2, 0) is 4.79 Å². The number of hydrogen-bond donors (Lipinski definition) is 0. The van der Waals surface area contributed by atoms with E-state index in [2.05, 4.69) is 12.5 Å². The maximum atomic E-state index is 10.8. The van der Waals surface area contributed by atoms with Gasteiger partial charge in [-0.05, 0) is 18.8 Å². The molecule has 0 aromatic carbocycles. The molecule has 0 aromatic heterocycles. The van der Waals surface area contributed by atoms with Gasteiger partial charge in [-0.15, -0.1) is 13.0 Å². The zero-order valence-corrected chi connectivity index (χ0v) is 6.84. The first-order valence-corrected chi connectivity index (χ1v) is 3.55. The number of carbonyl (C=O) groups excluding carboxylic acids is 1. The summed E-state index contributed by atoms with van der Waals surface area (Å²) in [5.74, 6) is 1.80. The van der Waals surface area contributed by atoms with Gasteiger partial charge in [-0.25, -0.2) is 0 Å². The number of rotatable bonds is 4. The van der Waals surface area contributed by atoms with Crippen molar-refractivity contribution in [3.8, 4) is 12.3 Å². The van der Waals surface area contributed by atoms with Gasteiger partial charge in [-0.1, -0.05) is 6.08 Å². The van der Waals surface area contributed by atoms with Crippen LogP contribution in [0.25, 0.3) is 0 Å². The highest BCUT2D eigenvalue weighted by molar-refractivity contribution is 5.92. The van der Waals surface area contributed by atoms with Crippen molar-refractivity contribution < 1.29 is 4.79 Å². The third-order valence-corrected chi connectivity index (χ3v) is 1.37. The van der Waals surface area contributed by atoms with E-state index in [1.54, 1.807) is 7.05 Å². The molecule has 60 valence electrons. The molecule has 0 aliphatic rings. The van der Waals surface area contributed by atoms with Gasteiger partial charge in [-0.2, -0.15) is 0 Å². The molecule has 0 aliphatic heterocycles. The topological polar surface area (TPSA) is 20.3 Å². The number of hydrogen-bond acceptors (Lipinski definition) is 1. The Hall–Kier alpha value is -1.23. The Morgan fingerprint density at radius 3 is 2.91 bits per heavy atom. The van der Waals surface area contributed by atoms with Crippen molar-refractivity contribution in [1.82, 2.24) is 4.90 Å². The van der Waals surface area contributed by atoms with Gasteiger partial charge >= 0.3 is 0 Å². The van der Waals surface area contributed by atoms with Gasteiger partial charge in [0.1, 0.15) is 0 Å². The van der Waals surface area contributed by atoms with Crippen molar-refractivity contribution in [1.29, 1.82) is 0 Å². The fraction of sp³-hybridized carbons (Fsp3) is 0.444. The molecule has 2 heteroatoms. The lowest BCUT2D eigenvalue weighted by atomic mass is 10.3. The minimum atomic E-state index is -0.255. The Kier molecular flexibility index (Phi) is 4.93. The summed E-state index contributed by atoms with van der Waals surface area (Å²) in [6, 6.07) is 0. The Bertz CT molecular complexity index is 178. The molecule has 0 rings (SSSR count). The molecule has 0 heterocycles. The standard InChI is InChI=1S/C9H13NO/c1-4-6-7-8-10(3)9(11)5-2/h2,4H,1,6-8H2,3H3. The molecule has 0 saturated carbocycles. The van der Waals surface area contributed by atoms with Crippen LogP contribution in [0.15, 0.2) is 12.7 Å². The van der Waals surface area contributed by atoms with Crippen molar-refractivity contribution in [3.05, 3.63) is 12.7 Å². The van der Waals surface area contributed by atoms with Crippen molar-refractivity contribution in [2.24, 2.45) is 0 Å². The van der Waals surface area contributed by atoms with Gasteiger partial charge in [0.05, 0.1) is 0 Å². The summed E-state index contributed by atoms with van der Waals surface area (Å²) in [4.78, 5) is 12.3. The summed E-state index contributed by atoms with van der Waals surface area (Å²) in [5, 5.41) is 0. The van der Waals surface area contributed by atoms with Gasteiger partial charge in [0.15, 0.2) is 0 Å². The van der Waals surface area contributed by atoms with Crippen LogP contribution < -0.4 is 0 Å². The van der Waals surface area contributed by atoms with E-state index < -0.39 is 0 Å². The Morgan fingerprint density at radius 2 is 2.45 bits per heavy atom. The largest absolute Gasteiger partial charge is 0.335 e. The first-order valence-electron chi connectivity index (χ1n) is 3.55.